The zero-order valence-corrected chi connectivity index (χ0v) is 11.0. The van der Waals surface area contributed by atoms with Crippen LogP contribution in [0.5, 0.6) is 0 Å². The summed E-state index contributed by atoms with van der Waals surface area (Å²) in [6.45, 7) is 5.06. The average Bonchev–Trinajstić information content (AvgIpc) is 2.29. The average molecular weight is 240 g/mol. The second kappa shape index (κ2) is 7.52. The summed E-state index contributed by atoms with van der Waals surface area (Å²) in [6, 6.07) is 4.54. The van der Waals surface area contributed by atoms with Gasteiger partial charge in [-0.15, -0.1) is 11.8 Å². The van der Waals surface area contributed by atoms with Crippen LogP contribution in [-0.2, 0) is 4.74 Å². The third-order valence-electron chi connectivity index (χ3n) is 2.20. The van der Waals surface area contributed by atoms with Crippen LogP contribution >= 0.6 is 11.8 Å². The Bertz CT molecular complexity index is 290. The smallest absolute Gasteiger partial charge is 0.0961 e. The first-order chi connectivity index (χ1) is 7.76. The van der Waals surface area contributed by atoms with Gasteiger partial charge in [0.1, 0.15) is 0 Å². The first kappa shape index (κ1) is 13.3. The molecule has 1 aromatic heterocycles. The molecular formula is C12H20N2OS. The van der Waals surface area contributed by atoms with Gasteiger partial charge in [0.05, 0.1) is 16.9 Å². The van der Waals surface area contributed by atoms with Gasteiger partial charge in [0.15, 0.2) is 0 Å². The van der Waals surface area contributed by atoms with Crippen LogP contribution in [-0.4, -0.2) is 30.5 Å². The highest BCUT2D eigenvalue weighted by molar-refractivity contribution is 7.99. The SMILES string of the molecule is CCSc1ccc(NC(C)CCOC)cn1. The van der Waals surface area contributed by atoms with Crippen LogP contribution in [0.3, 0.4) is 0 Å². The minimum Gasteiger partial charge on any atom is -0.385 e. The van der Waals surface area contributed by atoms with E-state index in [4.69, 9.17) is 4.74 Å². The quantitative estimate of drug-likeness (QED) is 0.743. The highest BCUT2D eigenvalue weighted by atomic mass is 32.2. The van der Waals surface area contributed by atoms with Gasteiger partial charge < -0.3 is 10.1 Å². The lowest BCUT2D eigenvalue weighted by Gasteiger charge is -2.14. The fraction of sp³-hybridized carbons (Fsp3) is 0.583. The maximum Gasteiger partial charge on any atom is 0.0961 e. The molecule has 0 amide bonds. The summed E-state index contributed by atoms with van der Waals surface area (Å²) in [6.07, 6.45) is 2.89. The molecule has 1 atom stereocenters. The third kappa shape index (κ3) is 4.86. The van der Waals surface area contributed by atoms with Crippen LogP contribution in [0, 0.1) is 0 Å². The molecule has 1 heterocycles. The van der Waals surface area contributed by atoms with Crippen LogP contribution in [0.15, 0.2) is 23.4 Å². The topological polar surface area (TPSA) is 34.1 Å². The lowest BCUT2D eigenvalue weighted by molar-refractivity contribution is 0.191. The maximum absolute atomic E-state index is 5.04. The highest BCUT2D eigenvalue weighted by Gasteiger charge is 2.02. The van der Waals surface area contributed by atoms with Crippen molar-refractivity contribution in [1.29, 1.82) is 0 Å². The molecule has 1 aromatic rings. The standard InChI is InChI=1S/C12H20N2OS/c1-4-16-12-6-5-11(9-13-12)14-10(2)7-8-15-3/h5-6,9-10,14H,4,7-8H2,1-3H3. The predicted molar refractivity (Wildman–Crippen MR) is 70.2 cm³/mol. The number of anilines is 1. The number of hydrogen-bond donors (Lipinski definition) is 1. The van der Waals surface area contributed by atoms with Crippen molar-refractivity contribution in [2.24, 2.45) is 0 Å². The molecular weight excluding hydrogens is 220 g/mol. The molecule has 0 bridgehead atoms. The van der Waals surface area contributed by atoms with Gasteiger partial charge >= 0.3 is 0 Å². The number of rotatable bonds is 7. The summed E-state index contributed by atoms with van der Waals surface area (Å²) in [5.74, 6) is 1.06. The van der Waals surface area contributed by atoms with Gasteiger partial charge in [-0.2, -0.15) is 0 Å². The van der Waals surface area contributed by atoms with Crippen molar-refractivity contribution < 1.29 is 4.74 Å². The monoisotopic (exact) mass is 240 g/mol. The molecule has 0 saturated heterocycles. The predicted octanol–water partition coefficient (Wildman–Crippen LogP) is 3.03. The summed E-state index contributed by atoms with van der Waals surface area (Å²) in [5, 5.41) is 4.48. The second-order valence-corrected chi connectivity index (χ2v) is 4.93. The number of hydrogen-bond acceptors (Lipinski definition) is 4. The maximum atomic E-state index is 5.04. The van der Waals surface area contributed by atoms with E-state index < -0.39 is 0 Å². The molecule has 0 spiro atoms. The number of pyridine rings is 1. The lowest BCUT2D eigenvalue weighted by Crippen LogP contribution is -2.17. The van der Waals surface area contributed by atoms with Gasteiger partial charge in [-0.1, -0.05) is 6.92 Å². The summed E-state index contributed by atoms with van der Waals surface area (Å²) >= 11 is 1.76. The fourth-order valence-corrected chi connectivity index (χ4v) is 1.94. The third-order valence-corrected chi connectivity index (χ3v) is 3.02. The van der Waals surface area contributed by atoms with Crippen molar-refractivity contribution in [3.05, 3.63) is 18.3 Å². The van der Waals surface area contributed by atoms with Gasteiger partial charge in [0, 0.05) is 19.8 Å². The molecule has 0 radical (unpaired) electrons. The molecule has 3 nitrogen and oxygen atoms in total. The van der Waals surface area contributed by atoms with Crippen LogP contribution in [0.4, 0.5) is 5.69 Å². The van der Waals surface area contributed by atoms with Crippen LogP contribution in [0.25, 0.3) is 0 Å². The second-order valence-electron chi connectivity index (χ2n) is 3.64. The fourth-order valence-electron chi connectivity index (χ4n) is 1.35. The Morgan fingerprint density at radius 3 is 2.88 bits per heavy atom. The van der Waals surface area contributed by atoms with E-state index in [0.29, 0.717) is 6.04 Å². The van der Waals surface area contributed by atoms with Gasteiger partial charge in [-0.25, -0.2) is 4.98 Å². The van der Waals surface area contributed by atoms with Crippen LogP contribution in [0.2, 0.25) is 0 Å². The molecule has 0 aliphatic carbocycles. The number of nitrogens with one attached hydrogen (secondary N) is 1. The van der Waals surface area contributed by atoms with Gasteiger partial charge in [0.2, 0.25) is 0 Å². The Balaban J connectivity index is 2.41. The first-order valence-corrected chi connectivity index (χ1v) is 6.59. The van der Waals surface area contributed by atoms with Crippen molar-refractivity contribution in [3.8, 4) is 0 Å². The Morgan fingerprint density at radius 2 is 2.31 bits per heavy atom. The number of aromatic nitrogens is 1. The van der Waals surface area contributed by atoms with E-state index in [1.165, 1.54) is 0 Å². The molecule has 1 rings (SSSR count). The van der Waals surface area contributed by atoms with E-state index >= 15 is 0 Å². The van der Waals surface area contributed by atoms with Gasteiger partial charge in [0.25, 0.3) is 0 Å². The number of ether oxygens (including phenoxy) is 1. The molecule has 0 saturated carbocycles. The normalized spacial score (nSPS) is 12.4. The van der Waals surface area contributed by atoms with Crippen LogP contribution < -0.4 is 5.32 Å². The number of thioether (sulfide) groups is 1. The van der Waals surface area contributed by atoms with Crippen molar-refractivity contribution in [2.75, 3.05) is 24.8 Å². The van der Waals surface area contributed by atoms with E-state index in [-0.39, 0.29) is 0 Å². The first-order valence-electron chi connectivity index (χ1n) is 5.60. The van der Waals surface area contributed by atoms with Crippen molar-refractivity contribution in [2.45, 2.75) is 31.3 Å². The summed E-state index contributed by atoms with van der Waals surface area (Å²) in [4.78, 5) is 4.37. The van der Waals surface area contributed by atoms with Crippen LogP contribution in [0.1, 0.15) is 20.3 Å². The zero-order valence-electron chi connectivity index (χ0n) is 10.2. The summed E-state index contributed by atoms with van der Waals surface area (Å²) < 4.78 is 5.04. The molecule has 16 heavy (non-hydrogen) atoms. The summed E-state index contributed by atoms with van der Waals surface area (Å²) in [5.41, 5.74) is 1.07. The van der Waals surface area contributed by atoms with Crippen molar-refractivity contribution >= 4 is 17.4 Å². The largest absolute Gasteiger partial charge is 0.385 e. The molecule has 0 aliphatic rings. The number of nitrogens with zero attached hydrogens (tertiary/aromatic N) is 1. The Morgan fingerprint density at radius 1 is 1.50 bits per heavy atom. The Labute approximate surface area is 102 Å². The molecule has 1 unspecified atom stereocenters. The zero-order chi connectivity index (χ0) is 11.8. The highest BCUT2D eigenvalue weighted by Crippen LogP contribution is 2.17. The minimum absolute atomic E-state index is 0.409. The summed E-state index contributed by atoms with van der Waals surface area (Å²) in [7, 11) is 1.73. The molecule has 4 heteroatoms. The van der Waals surface area contributed by atoms with E-state index in [1.54, 1.807) is 18.9 Å². The van der Waals surface area contributed by atoms with E-state index in [9.17, 15) is 0 Å². The molecule has 0 aromatic carbocycles. The molecule has 0 aliphatic heterocycles. The van der Waals surface area contributed by atoms with E-state index in [0.717, 1.165) is 29.5 Å². The minimum atomic E-state index is 0.409. The molecule has 1 N–H and O–H groups in total. The Hall–Kier alpha value is -0.740. The van der Waals surface area contributed by atoms with Crippen molar-refractivity contribution in [3.63, 3.8) is 0 Å². The van der Waals surface area contributed by atoms with Crippen molar-refractivity contribution in [1.82, 2.24) is 4.98 Å². The number of methoxy groups -OCH3 is 1. The molecule has 90 valence electrons. The van der Waals surface area contributed by atoms with Gasteiger partial charge in [-0.05, 0) is 31.2 Å². The Kier molecular flexibility index (Phi) is 6.26. The lowest BCUT2D eigenvalue weighted by atomic mass is 10.2. The van der Waals surface area contributed by atoms with E-state index in [1.807, 2.05) is 6.20 Å². The van der Waals surface area contributed by atoms with Gasteiger partial charge in [-0.3, -0.25) is 0 Å². The molecule has 0 fully saturated rings. The van der Waals surface area contributed by atoms with E-state index in [2.05, 4.69) is 36.3 Å².